The van der Waals surface area contributed by atoms with E-state index in [4.69, 9.17) is 14.7 Å². The Morgan fingerprint density at radius 2 is 1.25 bits per heavy atom. The Kier molecular flexibility index (Phi) is 12.6. The zero-order valence-electron chi connectivity index (χ0n) is 15.4. The van der Waals surface area contributed by atoms with E-state index in [1.165, 1.54) is 70.6 Å². The highest BCUT2D eigenvalue weighted by atomic mass is 16.6. The third kappa shape index (κ3) is 10.7. The first kappa shape index (κ1) is 21.0. The molecule has 2 N–H and O–H groups in total. The van der Waals surface area contributed by atoms with Crippen LogP contribution in [0.5, 0.6) is 5.75 Å². The van der Waals surface area contributed by atoms with E-state index in [-0.39, 0.29) is 0 Å². The molecular weight excluding hydrogens is 299 g/mol. The van der Waals surface area contributed by atoms with E-state index < -0.39 is 7.32 Å². The van der Waals surface area contributed by atoms with Gasteiger partial charge < -0.3 is 14.7 Å². The molecule has 0 saturated carbocycles. The summed E-state index contributed by atoms with van der Waals surface area (Å²) < 4.78 is 5.01. The maximum absolute atomic E-state index is 8.94. The van der Waals surface area contributed by atoms with Gasteiger partial charge in [0.15, 0.2) is 0 Å². The highest BCUT2D eigenvalue weighted by Gasteiger charge is 2.13. The van der Waals surface area contributed by atoms with Crippen LogP contribution >= 0.6 is 0 Å². The number of hydrogen-bond donors (Lipinski definition) is 2. The van der Waals surface area contributed by atoms with Crippen molar-refractivity contribution in [1.29, 1.82) is 0 Å². The Morgan fingerprint density at radius 1 is 0.750 bits per heavy atom. The summed E-state index contributed by atoms with van der Waals surface area (Å²) in [5, 5.41) is 17.9. The summed E-state index contributed by atoms with van der Waals surface area (Å²) in [5.41, 5.74) is 1.05. The topological polar surface area (TPSA) is 49.7 Å². The summed E-state index contributed by atoms with van der Waals surface area (Å²) in [6.07, 6.45) is 17.0. The van der Waals surface area contributed by atoms with Gasteiger partial charge in [-0.1, -0.05) is 95.8 Å². The molecule has 0 amide bonds. The lowest BCUT2D eigenvalue weighted by atomic mass is 10.0. The van der Waals surface area contributed by atoms with Gasteiger partial charge in [0, 0.05) is 0 Å². The maximum Gasteiger partial charge on any atom is 0.707 e. The van der Waals surface area contributed by atoms with Crippen LogP contribution in [0.2, 0.25) is 0 Å². The van der Waals surface area contributed by atoms with Crippen molar-refractivity contribution in [2.24, 2.45) is 0 Å². The van der Waals surface area contributed by atoms with Gasteiger partial charge in [-0.05, 0) is 24.5 Å². The predicted octanol–water partition coefficient (Wildman–Crippen LogP) is 5.28. The molecule has 4 heteroatoms. The molecule has 0 heterocycles. The largest absolute Gasteiger partial charge is 0.707 e. The van der Waals surface area contributed by atoms with Gasteiger partial charge in [0.05, 0.1) is 0 Å². The summed E-state index contributed by atoms with van der Waals surface area (Å²) >= 11 is 0. The molecule has 0 saturated heterocycles. The molecule has 0 radical (unpaired) electrons. The van der Waals surface area contributed by atoms with Gasteiger partial charge in [0.1, 0.15) is 5.75 Å². The number of rotatable bonds is 15. The minimum atomic E-state index is -1.74. The minimum Gasteiger partial charge on any atom is -0.512 e. The van der Waals surface area contributed by atoms with Crippen LogP contribution in [-0.2, 0) is 6.42 Å². The fourth-order valence-corrected chi connectivity index (χ4v) is 3.10. The standard InChI is InChI=1S/C20H35BO3/c1-2-3-4-5-6-7-8-9-10-11-12-13-16-19-17-14-15-18-20(19)24-21(22)23/h14-15,17-18,22-23H,2-13,16H2,1H3. The highest BCUT2D eigenvalue weighted by molar-refractivity contribution is 6.33. The van der Waals surface area contributed by atoms with Crippen LogP contribution in [0, 0.1) is 0 Å². The second-order valence-electron chi connectivity index (χ2n) is 6.69. The SMILES string of the molecule is CCCCCCCCCCCCCCc1ccccc1OB(O)O. The van der Waals surface area contributed by atoms with E-state index in [2.05, 4.69) is 6.92 Å². The molecule has 0 aliphatic rings. The smallest absolute Gasteiger partial charge is 0.512 e. The van der Waals surface area contributed by atoms with Crippen molar-refractivity contribution in [1.82, 2.24) is 0 Å². The number of unbranched alkanes of at least 4 members (excludes halogenated alkanes) is 11. The van der Waals surface area contributed by atoms with E-state index in [0.717, 1.165) is 18.4 Å². The van der Waals surface area contributed by atoms with Crippen LogP contribution in [0.4, 0.5) is 0 Å². The van der Waals surface area contributed by atoms with Gasteiger partial charge in [0.25, 0.3) is 0 Å². The van der Waals surface area contributed by atoms with Crippen LogP contribution in [0.25, 0.3) is 0 Å². The molecule has 0 spiro atoms. The number of benzene rings is 1. The lowest BCUT2D eigenvalue weighted by molar-refractivity contribution is 0.287. The number of aryl methyl sites for hydroxylation is 1. The molecule has 136 valence electrons. The van der Waals surface area contributed by atoms with Crippen molar-refractivity contribution >= 4 is 7.32 Å². The third-order valence-corrected chi connectivity index (χ3v) is 4.50. The molecule has 24 heavy (non-hydrogen) atoms. The average molecular weight is 334 g/mol. The predicted molar refractivity (Wildman–Crippen MR) is 102 cm³/mol. The lowest BCUT2D eigenvalue weighted by Crippen LogP contribution is -2.21. The van der Waals surface area contributed by atoms with E-state index >= 15 is 0 Å². The quantitative estimate of drug-likeness (QED) is 0.339. The Morgan fingerprint density at radius 3 is 1.79 bits per heavy atom. The first-order chi connectivity index (χ1) is 11.7. The van der Waals surface area contributed by atoms with Crippen molar-refractivity contribution in [3.63, 3.8) is 0 Å². The molecule has 0 bridgehead atoms. The summed E-state index contributed by atoms with van der Waals surface area (Å²) in [4.78, 5) is 0. The molecule has 0 fully saturated rings. The first-order valence-electron chi connectivity index (χ1n) is 9.84. The van der Waals surface area contributed by atoms with Crippen LogP contribution in [-0.4, -0.2) is 17.4 Å². The first-order valence-corrected chi connectivity index (χ1v) is 9.84. The zero-order valence-corrected chi connectivity index (χ0v) is 15.4. The number of hydrogen-bond acceptors (Lipinski definition) is 3. The Hall–Kier alpha value is -0.995. The molecule has 1 aromatic carbocycles. The van der Waals surface area contributed by atoms with Gasteiger partial charge in [-0.3, -0.25) is 0 Å². The molecule has 1 rings (SSSR count). The Labute approximate surface area is 148 Å². The maximum atomic E-state index is 8.94. The molecule has 0 atom stereocenters. The normalized spacial score (nSPS) is 10.8. The zero-order chi connectivity index (χ0) is 17.5. The Bertz CT molecular complexity index is 410. The molecule has 0 aromatic heterocycles. The van der Waals surface area contributed by atoms with Crippen molar-refractivity contribution < 1.29 is 14.7 Å². The summed E-state index contributed by atoms with van der Waals surface area (Å²) in [6.45, 7) is 2.27. The van der Waals surface area contributed by atoms with Crippen LogP contribution in [0.15, 0.2) is 24.3 Å². The van der Waals surface area contributed by atoms with Crippen molar-refractivity contribution in [3.05, 3.63) is 29.8 Å². The molecular formula is C20H35BO3. The van der Waals surface area contributed by atoms with E-state index in [9.17, 15) is 0 Å². The molecule has 0 aliphatic carbocycles. The minimum absolute atomic E-state index is 0.579. The average Bonchev–Trinajstić information content (AvgIpc) is 2.57. The van der Waals surface area contributed by atoms with Crippen LogP contribution in [0.3, 0.4) is 0 Å². The van der Waals surface area contributed by atoms with E-state index in [0.29, 0.717) is 5.75 Å². The van der Waals surface area contributed by atoms with Gasteiger partial charge >= 0.3 is 7.32 Å². The lowest BCUT2D eigenvalue weighted by Gasteiger charge is -2.10. The number of para-hydroxylation sites is 1. The van der Waals surface area contributed by atoms with Gasteiger partial charge in [-0.15, -0.1) is 0 Å². The van der Waals surface area contributed by atoms with Crippen molar-refractivity contribution in [3.8, 4) is 5.75 Å². The van der Waals surface area contributed by atoms with Gasteiger partial charge in [-0.25, -0.2) is 0 Å². The monoisotopic (exact) mass is 334 g/mol. The second kappa shape index (κ2) is 14.4. The molecule has 0 unspecified atom stereocenters. The summed E-state index contributed by atoms with van der Waals surface area (Å²) in [7, 11) is -1.74. The third-order valence-electron chi connectivity index (χ3n) is 4.50. The summed E-state index contributed by atoms with van der Waals surface area (Å²) in [5.74, 6) is 0.579. The van der Waals surface area contributed by atoms with E-state index in [1.807, 2.05) is 18.2 Å². The van der Waals surface area contributed by atoms with Crippen LogP contribution < -0.4 is 4.65 Å². The van der Waals surface area contributed by atoms with Gasteiger partial charge in [0.2, 0.25) is 0 Å². The fraction of sp³-hybridized carbons (Fsp3) is 0.700. The Balaban J connectivity index is 1.99. The van der Waals surface area contributed by atoms with Crippen LogP contribution in [0.1, 0.15) is 89.5 Å². The highest BCUT2D eigenvalue weighted by Crippen LogP contribution is 2.21. The molecule has 1 aromatic rings. The van der Waals surface area contributed by atoms with E-state index in [1.54, 1.807) is 6.07 Å². The van der Waals surface area contributed by atoms with Gasteiger partial charge in [-0.2, -0.15) is 0 Å². The molecule has 3 nitrogen and oxygen atoms in total. The second-order valence-corrected chi connectivity index (χ2v) is 6.69. The molecule has 0 aliphatic heterocycles. The fourth-order valence-electron chi connectivity index (χ4n) is 3.10. The van der Waals surface area contributed by atoms with Crippen molar-refractivity contribution in [2.75, 3.05) is 0 Å². The summed E-state index contributed by atoms with van der Waals surface area (Å²) in [6, 6.07) is 7.60. The van der Waals surface area contributed by atoms with Crippen molar-refractivity contribution in [2.45, 2.75) is 90.4 Å².